The molecule has 0 aliphatic heterocycles. The second-order valence-corrected chi connectivity index (χ2v) is 9.25. The van der Waals surface area contributed by atoms with Crippen molar-refractivity contribution in [3.05, 3.63) is 61.6 Å². The largest absolute Gasteiger partial charge is 0.490 e. The Bertz CT molecular complexity index is 1320. The Morgan fingerprint density at radius 3 is 2.60 bits per heavy atom. The lowest BCUT2D eigenvalue weighted by Gasteiger charge is -2.18. The van der Waals surface area contributed by atoms with Gasteiger partial charge < -0.3 is 14.2 Å². The molecule has 0 amide bonds. The zero-order chi connectivity index (χ0) is 25.7. The molecule has 0 radical (unpaired) electrons. The summed E-state index contributed by atoms with van der Waals surface area (Å²) in [5.74, 6) is 0.543. The molecule has 1 atom stereocenters. The van der Waals surface area contributed by atoms with Crippen molar-refractivity contribution in [2.24, 2.45) is 5.10 Å². The van der Waals surface area contributed by atoms with E-state index in [0.29, 0.717) is 34.6 Å². The zero-order valence-electron chi connectivity index (χ0n) is 20.2. The number of ether oxygens (including phenoxy) is 3. The predicted molar refractivity (Wildman–Crippen MR) is 140 cm³/mol. The van der Waals surface area contributed by atoms with Gasteiger partial charge in [-0.25, -0.2) is 9.78 Å². The van der Waals surface area contributed by atoms with Crippen LogP contribution in [0.5, 0.6) is 11.5 Å². The van der Waals surface area contributed by atoms with Crippen LogP contribution in [0, 0.1) is 0 Å². The molecule has 35 heavy (non-hydrogen) atoms. The van der Waals surface area contributed by atoms with Crippen molar-refractivity contribution in [1.29, 1.82) is 0 Å². The first kappa shape index (κ1) is 26.7. The van der Waals surface area contributed by atoms with Crippen LogP contribution in [-0.2, 0) is 9.53 Å². The normalized spacial score (nSPS) is 12.3. The SMILES string of the molecule is CCOC(=O)[C@H](C)Oc1c(Cl)cc(C=Nn2c(C(C)C)nc3ccc(Br)cc3c2=O)cc1OCC. The highest BCUT2D eigenvalue weighted by atomic mass is 79.9. The highest BCUT2D eigenvalue weighted by Gasteiger charge is 2.21. The number of carbonyl (C=O) groups is 1. The Balaban J connectivity index is 2.04. The molecule has 0 aliphatic carbocycles. The van der Waals surface area contributed by atoms with Gasteiger partial charge in [-0.1, -0.05) is 41.4 Å². The molecule has 3 aromatic rings. The third-order valence-corrected chi connectivity index (χ3v) is 5.69. The Kier molecular flexibility index (Phi) is 8.91. The lowest BCUT2D eigenvalue weighted by atomic mass is 10.2. The molecule has 2 aromatic carbocycles. The van der Waals surface area contributed by atoms with E-state index in [1.165, 1.54) is 10.9 Å². The highest BCUT2D eigenvalue weighted by molar-refractivity contribution is 9.10. The number of hydrogen-bond donors (Lipinski definition) is 0. The third-order valence-electron chi connectivity index (χ3n) is 4.92. The molecule has 8 nitrogen and oxygen atoms in total. The van der Waals surface area contributed by atoms with E-state index >= 15 is 0 Å². The first-order valence-corrected chi connectivity index (χ1v) is 12.4. The van der Waals surface area contributed by atoms with Gasteiger partial charge in [0, 0.05) is 10.4 Å². The van der Waals surface area contributed by atoms with Crippen LogP contribution >= 0.6 is 27.5 Å². The summed E-state index contributed by atoms with van der Waals surface area (Å²) in [5, 5.41) is 5.11. The van der Waals surface area contributed by atoms with Crippen molar-refractivity contribution in [3.8, 4) is 11.5 Å². The number of aromatic nitrogens is 2. The summed E-state index contributed by atoms with van der Waals surface area (Å²) in [7, 11) is 0. The molecule has 1 heterocycles. The van der Waals surface area contributed by atoms with Crippen molar-refractivity contribution in [2.75, 3.05) is 13.2 Å². The standard InChI is InChI=1S/C25H27BrClN3O5/c1-6-33-21-11-16(10-19(27)22(21)35-15(5)25(32)34-7-2)13-28-30-23(14(3)4)29-20-9-8-17(26)12-18(20)24(30)31/h8-15H,6-7H2,1-5H3/t15-/m0/s1. The first-order chi connectivity index (χ1) is 16.7. The smallest absolute Gasteiger partial charge is 0.347 e. The molecule has 3 rings (SSSR count). The fourth-order valence-corrected chi connectivity index (χ4v) is 3.92. The molecule has 0 bridgehead atoms. The number of nitrogens with zero attached hydrogens (tertiary/aromatic N) is 3. The molecule has 186 valence electrons. The Morgan fingerprint density at radius 2 is 1.94 bits per heavy atom. The van der Waals surface area contributed by atoms with Crippen molar-refractivity contribution in [3.63, 3.8) is 0 Å². The molecular weight excluding hydrogens is 538 g/mol. The lowest BCUT2D eigenvalue weighted by molar-refractivity contribution is -0.150. The zero-order valence-corrected chi connectivity index (χ0v) is 22.5. The summed E-state index contributed by atoms with van der Waals surface area (Å²) in [5.41, 5.74) is 0.897. The van der Waals surface area contributed by atoms with E-state index in [-0.39, 0.29) is 28.9 Å². The van der Waals surface area contributed by atoms with Crippen molar-refractivity contribution in [2.45, 2.75) is 46.6 Å². The van der Waals surface area contributed by atoms with Crippen LogP contribution in [0.4, 0.5) is 0 Å². The van der Waals surface area contributed by atoms with Gasteiger partial charge in [0.2, 0.25) is 0 Å². The molecule has 10 heteroatoms. The maximum Gasteiger partial charge on any atom is 0.347 e. The van der Waals surface area contributed by atoms with Crippen molar-refractivity contribution < 1.29 is 19.0 Å². The molecule has 0 fully saturated rings. The molecule has 0 saturated heterocycles. The summed E-state index contributed by atoms with van der Waals surface area (Å²) in [6, 6.07) is 8.66. The van der Waals surface area contributed by atoms with Crippen LogP contribution in [0.3, 0.4) is 0 Å². The minimum absolute atomic E-state index is 0.0457. The van der Waals surface area contributed by atoms with E-state index in [2.05, 4.69) is 26.0 Å². The molecule has 0 unspecified atom stereocenters. The van der Waals surface area contributed by atoms with Crippen LogP contribution in [0.1, 0.15) is 51.9 Å². The molecule has 0 N–H and O–H groups in total. The van der Waals surface area contributed by atoms with Crippen molar-refractivity contribution >= 4 is 50.6 Å². The van der Waals surface area contributed by atoms with Gasteiger partial charge >= 0.3 is 5.97 Å². The monoisotopic (exact) mass is 563 g/mol. The van der Waals surface area contributed by atoms with Gasteiger partial charge in [-0.2, -0.15) is 9.78 Å². The van der Waals surface area contributed by atoms with Crippen LogP contribution in [0.25, 0.3) is 10.9 Å². The Hall–Kier alpha value is -2.91. The highest BCUT2D eigenvalue weighted by Crippen LogP contribution is 2.37. The van der Waals surface area contributed by atoms with Gasteiger partial charge in [0.15, 0.2) is 17.6 Å². The minimum atomic E-state index is -0.874. The second kappa shape index (κ2) is 11.7. The number of benzene rings is 2. The maximum atomic E-state index is 13.2. The Morgan fingerprint density at radius 1 is 1.20 bits per heavy atom. The molecule has 0 aliphatic rings. The van der Waals surface area contributed by atoms with Gasteiger partial charge in [-0.05, 0) is 56.7 Å². The summed E-state index contributed by atoms with van der Waals surface area (Å²) >= 11 is 9.88. The van der Waals surface area contributed by atoms with Crippen LogP contribution in [-0.4, -0.2) is 41.2 Å². The maximum absolute atomic E-state index is 13.2. The molecule has 1 aromatic heterocycles. The average Bonchev–Trinajstić information content (AvgIpc) is 2.81. The van der Waals surface area contributed by atoms with Gasteiger partial charge in [0.05, 0.1) is 35.4 Å². The average molecular weight is 565 g/mol. The van der Waals surface area contributed by atoms with E-state index in [0.717, 1.165) is 4.47 Å². The number of esters is 1. The molecule has 0 saturated carbocycles. The van der Waals surface area contributed by atoms with E-state index in [4.69, 9.17) is 25.8 Å². The topological polar surface area (TPSA) is 92.0 Å². The Labute approximate surface area is 217 Å². The summed E-state index contributed by atoms with van der Waals surface area (Å²) in [6.07, 6.45) is 0.632. The minimum Gasteiger partial charge on any atom is -0.490 e. The van der Waals surface area contributed by atoms with Crippen molar-refractivity contribution in [1.82, 2.24) is 9.66 Å². The lowest BCUT2D eigenvalue weighted by Crippen LogP contribution is -2.26. The number of rotatable bonds is 9. The van der Waals surface area contributed by atoms with Gasteiger partial charge in [0.25, 0.3) is 5.56 Å². The predicted octanol–water partition coefficient (Wildman–Crippen LogP) is 5.55. The number of halogens is 2. The summed E-state index contributed by atoms with van der Waals surface area (Å²) < 4.78 is 18.5. The van der Waals surface area contributed by atoms with Gasteiger partial charge in [0.1, 0.15) is 5.82 Å². The number of fused-ring (bicyclic) bond motifs is 1. The summed E-state index contributed by atoms with van der Waals surface area (Å²) in [6.45, 7) is 9.59. The van der Waals surface area contributed by atoms with Gasteiger partial charge in [-0.3, -0.25) is 4.79 Å². The van der Waals surface area contributed by atoms with E-state index in [1.807, 2.05) is 26.8 Å². The first-order valence-electron chi connectivity index (χ1n) is 11.2. The molecule has 0 spiro atoms. The number of carbonyl (C=O) groups excluding carboxylic acids is 1. The third kappa shape index (κ3) is 6.21. The molecular formula is C25H27BrClN3O5. The fourth-order valence-electron chi connectivity index (χ4n) is 3.30. The van der Waals surface area contributed by atoms with E-state index < -0.39 is 12.1 Å². The van der Waals surface area contributed by atoms with E-state index in [1.54, 1.807) is 38.1 Å². The second-order valence-electron chi connectivity index (χ2n) is 7.92. The van der Waals surface area contributed by atoms with Crippen LogP contribution in [0.2, 0.25) is 5.02 Å². The quantitative estimate of drug-likeness (QED) is 0.250. The fraction of sp³-hybridized carbons (Fsp3) is 0.360. The van der Waals surface area contributed by atoms with Gasteiger partial charge in [-0.15, -0.1) is 0 Å². The summed E-state index contributed by atoms with van der Waals surface area (Å²) in [4.78, 5) is 29.9. The van der Waals surface area contributed by atoms with Crippen LogP contribution < -0.4 is 15.0 Å². The van der Waals surface area contributed by atoms with E-state index in [9.17, 15) is 9.59 Å². The number of hydrogen-bond acceptors (Lipinski definition) is 7. The van der Waals surface area contributed by atoms with Crippen LogP contribution in [0.15, 0.2) is 44.7 Å².